The first-order valence-corrected chi connectivity index (χ1v) is 6.05. The van der Waals surface area contributed by atoms with Gasteiger partial charge in [0, 0.05) is 14.8 Å². The molecule has 0 fully saturated rings. The van der Waals surface area contributed by atoms with Gasteiger partial charge in [0.15, 0.2) is 0 Å². The molecule has 0 aliphatic rings. The summed E-state index contributed by atoms with van der Waals surface area (Å²) in [4.78, 5) is 0. The van der Waals surface area contributed by atoms with E-state index in [0.717, 1.165) is 20.6 Å². The van der Waals surface area contributed by atoms with Crippen molar-refractivity contribution in [3.63, 3.8) is 0 Å². The van der Waals surface area contributed by atoms with Crippen molar-refractivity contribution >= 4 is 28.3 Å². The van der Waals surface area contributed by atoms with E-state index in [0.29, 0.717) is 6.61 Å². The summed E-state index contributed by atoms with van der Waals surface area (Å²) in [6, 6.07) is 15.7. The number of hydrogen-bond donors (Lipinski definition) is 1. The quantitative estimate of drug-likeness (QED) is 0.693. The second-order valence-electron chi connectivity index (χ2n) is 3.44. The molecular formula is C13H12INO. The van der Waals surface area contributed by atoms with Crippen LogP contribution in [0.25, 0.3) is 0 Å². The number of hydrogen-bond acceptors (Lipinski definition) is 2. The lowest BCUT2D eigenvalue weighted by molar-refractivity contribution is 0.306. The highest BCUT2D eigenvalue weighted by Crippen LogP contribution is 2.18. The van der Waals surface area contributed by atoms with Gasteiger partial charge in [-0.1, -0.05) is 24.3 Å². The van der Waals surface area contributed by atoms with Crippen LogP contribution in [0.3, 0.4) is 0 Å². The highest BCUT2D eigenvalue weighted by molar-refractivity contribution is 14.1. The Morgan fingerprint density at radius 2 is 1.88 bits per heavy atom. The summed E-state index contributed by atoms with van der Waals surface area (Å²) in [6.07, 6.45) is 0. The summed E-state index contributed by atoms with van der Waals surface area (Å²) in [5, 5.41) is 0. The Morgan fingerprint density at radius 1 is 1.06 bits per heavy atom. The fourth-order valence-corrected chi connectivity index (χ4v) is 1.90. The van der Waals surface area contributed by atoms with Crippen molar-refractivity contribution < 1.29 is 4.74 Å². The van der Waals surface area contributed by atoms with Gasteiger partial charge in [0.2, 0.25) is 0 Å². The average Bonchev–Trinajstić information content (AvgIpc) is 2.28. The first-order chi connectivity index (χ1) is 7.75. The molecule has 0 atom stereocenters. The van der Waals surface area contributed by atoms with Crippen LogP contribution in [-0.4, -0.2) is 0 Å². The van der Waals surface area contributed by atoms with Crippen molar-refractivity contribution in [2.45, 2.75) is 6.61 Å². The second kappa shape index (κ2) is 5.21. The van der Waals surface area contributed by atoms with Crippen LogP contribution in [0, 0.1) is 3.57 Å². The number of halogens is 1. The average molecular weight is 325 g/mol. The Labute approximate surface area is 109 Å². The van der Waals surface area contributed by atoms with E-state index in [4.69, 9.17) is 10.5 Å². The van der Waals surface area contributed by atoms with E-state index in [2.05, 4.69) is 22.6 Å². The van der Waals surface area contributed by atoms with Crippen molar-refractivity contribution in [1.29, 1.82) is 0 Å². The van der Waals surface area contributed by atoms with Gasteiger partial charge in [0.1, 0.15) is 12.4 Å². The van der Waals surface area contributed by atoms with E-state index in [1.807, 2.05) is 48.5 Å². The highest BCUT2D eigenvalue weighted by Gasteiger charge is 1.99. The van der Waals surface area contributed by atoms with Crippen LogP contribution in [0.4, 0.5) is 5.69 Å². The number of rotatable bonds is 3. The van der Waals surface area contributed by atoms with Crippen molar-refractivity contribution in [3.05, 3.63) is 57.7 Å². The number of ether oxygens (including phenoxy) is 1. The molecule has 2 aromatic rings. The molecule has 0 amide bonds. The van der Waals surface area contributed by atoms with Gasteiger partial charge in [-0.25, -0.2) is 0 Å². The number of nitrogens with two attached hydrogens (primary N) is 1. The number of benzene rings is 2. The van der Waals surface area contributed by atoms with Crippen LogP contribution in [0.15, 0.2) is 48.5 Å². The molecule has 0 radical (unpaired) electrons. The van der Waals surface area contributed by atoms with Crippen molar-refractivity contribution in [3.8, 4) is 5.75 Å². The van der Waals surface area contributed by atoms with E-state index in [1.54, 1.807) is 0 Å². The Kier molecular flexibility index (Phi) is 3.66. The van der Waals surface area contributed by atoms with Gasteiger partial charge in [0.25, 0.3) is 0 Å². The van der Waals surface area contributed by atoms with Crippen molar-refractivity contribution in [2.75, 3.05) is 5.73 Å². The van der Waals surface area contributed by atoms with Gasteiger partial charge >= 0.3 is 0 Å². The minimum Gasteiger partial charge on any atom is -0.489 e. The van der Waals surface area contributed by atoms with Crippen LogP contribution >= 0.6 is 22.6 Å². The summed E-state index contributed by atoms with van der Waals surface area (Å²) < 4.78 is 6.83. The van der Waals surface area contributed by atoms with Gasteiger partial charge < -0.3 is 10.5 Å². The van der Waals surface area contributed by atoms with Crippen LogP contribution in [0.2, 0.25) is 0 Å². The van der Waals surface area contributed by atoms with Gasteiger partial charge in [-0.15, -0.1) is 0 Å². The molecule has 2 nitrogen and oxygen atoms in total. The van der Waals surface area contributed by atoms with Gasteiger partial charge in [0.05, 0.1) is 0 Å². The molecule has 0 aliphatic carbocycles. The first-order valence-electron chi connectivity index (χ1n) is 4.97. The Balaban J connectivity index is 2.05. The molecule has 3 heteroatoms. The summed E-state index contributed by atoms with van der Waals surface area (Å²) in [5.74, 6) is 0.871. The maximum absolute atomic E-state index is 5.83. The van der Waals surface area contributed by atoms with Gasteiger partial charge in [-0.3, -0.25) is 0 Å². The summed E-state index contributed by atoms with van der Waals surface area (Å²) in [6.45, 7) is 0.507. The molecule has 0 heterocycles. The van der Waals surface area contributed by atoms with Crippen LogP contribution in [-0.2, 0) is 6.61 Å². The zero-order chi connectivity index (χ0) is 11.4. The maximum atomic E-state index is 5.83. The number of anilines is 1. The third-order valence-corrected chi connectivity index (χ3v) is 2.92. The SMILES string of the molecule is Nc1ccccc1COc1cccc(I)c1. The third-order valence-electron chi connectivity index (χ3n) is 2.25. The largest absolute Gasteiger partial charge is 0.489 e. The number of nitrogen functional groups attached to an aromatic ring is 1. The molecule has 0 aliphatic heterocycles. The Morgan fingerprint density at radius 3 is 2.62 bits per heavy atom. The molecule has 0 saturated heterocycles. The second-order valence-corrected chi connectivity index (χ2v) is 4.69. The van der Waals surface area contributed by atoms with Gasteiger partial charge in [-0.05, 0) is 46.9 Å². The zero-order valence-corrected chi connectivity index (χ0v) is 10.8. The number of para-hydroxylation sites is 1. The monoisotopic (exact) mass is 325 g/mol. The molecule has 0 bridgehead atoms. The Hall–Kier alpha value is -1.23. The minimum absolute atomic E-state index is 0.507. The molecule has 0 saturated carbocycles. The predicted octanol–water partition coefficient (Wildman–Crippen LogP) is 3.45. The van der Waals surface area contributed by atoms with Crippen molar-refractivity contribution in [2.24, 2.45) is 0 Å². The molecule has 2 aromatic carbocycles. The molecule has 0 unspecified atom stereocenters. The standard InChI is InChI=1S/C13H12INO/c14-11-5-3-6-12(8-11)16-9-10-4-1-2-7-13(10)15/h1-8H,9,15H2. The molecule has 2 N–H and O–H groups in total. The fraction of sp³-hybridized carbons (Fsp3) is 0.0769. The topological polar surface area (TPSA) is 35.2 Å². The molecule has 16 heavy (non-hydrogen) atoms. The highest BCUT2D eigenvalue weighted by atomic mass is 127. The lowest BCUT2D eigenvalue weighted by atomic mass is 10.2. The fourth-order valence-electron chi connectivity index (χ4n) is 1.38. The van der Waals surface area contributed by atoms with E-state index >= 15 is 0 Å². The van der Waals surface area contributed by atoms with Crippen molar-refractivity contribution in [1.82, 2.24) is 0 Å². The summed E-state index contributed by atoms with van der Waals surface area (Å²) in [5.41, 5.74) is 7.62. The van der Waals surface area contributed by atoms with Crippen LogP contribution in [0.1, 0.15) is 5.56 Å². The minimum atomic E-state index is 0.507. The van der Waals surface area contributed by atoms with E-state index in [9.17, 15) is 0 Å². The predicted molar refractivity (Wildman–Crippen MR) is 74.3 cm³/mol. The first kappa shape index (κ1) is 11.3. The third kappa shape index (κ3) is 2.88. The lowest BCUT2D eigenvalue weighted by Crippen LogP contribution is -1.99. The smallest absolute Gasteiger partial charge is 0.120 e. The van der Waals surface area contributed by atoms with E-state index in [1.165, 1.54) is 0 Å². The lowest BCUT2D eigenvalue weighted by Gasteiger charge is -2.08. The molecular weight excluding hydrogens is 313 g/mol. The van der Waals surface area contributed by atoms with Crippen LogP contribution in [0.5, 0.6) is 5.75 Å². The van der Waals surface area contributed by atoms with Crippen LogP contribution < -0.4 is 10.5 Å². The maximum Gasteiger partial charge on any atom is 0.120 e. The normalized spacial score (nSPS) is 10.1. The Bertz CT molecular complexity index is 485. The van der Waals surface area contributed by atoms with E-state index in [-0.39, 0.29) is 0 Å². The molecule has 0 aromatic heterocycles. The summed E-state index contributed by atoms with van der Waals surface area (Å²) in [7, 11) is 0. The zero-order valence-electron chi connectivity index (χ0n) is 8.69. The molecule has 2 rings (SSSR count). The van der Waals surface area contributed by atoms with E-state index < -0.39 is 0 Å². The van der Waals surface area contributed by atoms with Gasteiger partial charge in [-0.2, -0.15) is 0 Å². The molecule has 0 spiro atoms. The summed E-state index contributed by atoms with van der Waals surface area (Å²) >= 11 is 2.26. The molecule has 82 valence electrons.